The van der Waals surface area contributed by atoms with Gasteiger partial charge in [0.15, 0.2) is 0 Å². The minimum absolute atomic E-state index is 0.0727. The molecule has 1 amide bonds. The Bertz CT molecular complexity index is 254. The van der Waals surface area contributed by atoms with Crippen LogP contribution >= 0.6 is 27.7 Å². The molecule has 1 unspecified atom stereocenters. The SMILES string of the molecule is CC1(C(=O)NC2(CBr)CCC2)CCCS1. The molecule has 1 aliphatic heterocycles. The van der Waals surface area contributed by atoms with Gasteiger partial charge in [0, 0.05) is 10.9 Å². The Hall–Kier alpha value is 0.300. The molecule has 0 aromatic carbocycles. The highest BCUT2D eigenvalue weighted by molar-refractivity contribution is 9.09. The highest BCUT2D eigenvalue weighted by Gasteiger charge is 2.43. The molecule has 15 heavy (non-hydrogen) atoms. The zero-order valence-electron chi connectivity index (χ0n) is 9.14. The van der Waals surface area contributed by atoms with Crippen LogP contribution < -0.4 is 5.32 Å². The van der Waals surface area contributed by atoms with Gasteiger partial charge in [0.2, 0.25) is 5.91 Å². The molecule has 1 N–H and O–H groups in total. The van der Waals surface area contributed by atoms with Crippen LogP contribution in [-0.2, 0) is 4.79 Å². The Morgan fingerprint density at radius 3 is 2.53 bits per heavy atom. The van der Waals surface area contributed by atoms with Gasteiger partial charge in [-0.15, -0.1) is 11.8 Å². The van der Waals surface area contributed by atoms with Gasteiger partial charge in [-0.2, -0.15) is 0 Å². The van der Waals surface area contributed by atoms with Crippen molar-refractivity contribution in [2.45, 2.75) is 49.3 Å². The molecule has 0 bridgehead atoms. The summed E-state index contributed by atoms with van der Waals surface area (Å²) in [5, 5.41) is 4.15. The van der Waals surface area contributed by atoms with E-state index in [2.05, 4.69) is 28.2 Å². The van der Waals surface area contributed by atoms with E-state index in [-0.39, 0.29) is 16.2 Å². The van der Waals surface area contributed by atoms with Crippen LogP contribution in [-0.4, -0.2) is 27.3 Å². The highest BCUT2D eigenvalue weighted by Crippen LogP contribution is 2.40. The number of halogens is 1. The molecule has 0 aromatic rings. The van der Waals surface area contributed by atoms with Crippen molar-refractivity contribution in [2.75, 3.05) is 11.1 Å². The van der Waals surface area contributed by atoms with Crippen molar-refractivity contribution in [3.05, 3.63) is 0 Å². The quantitative estimate of drug-likeness (QED) is 0.810. The van der Waals surface area contributed by atoms with Crippen LogP contribution in [0.2, 0.25) is 0 Å². The van der Waals surface area contributed by atoms with Crippen LogP contribution in [0.15, 0.2) is 0 Å². The lowest BCUT2D eigenvalue weighted by atomic mass is 9.78. The summed E-state index contributed by atoms with van der Waals surface area (Å²) in [6.45, 7) is 2.08. The third kappa shape index (κ3) is 2.21. The fourth-order valence-corrected chi connectivity index (χ4v) is 4.14. The van der Waals surface area contributed by atoms with Gasteiger partial charge in [-0.1, -0.05) is 15.9 Å². The summed E-state index contributed by atoms with van der Waals surface area (Å²) in [6.07, 6.45) is 5.71. The number of amides is 1. The summed E-state index contributed by atoms with van der Waals surface area (Å²) in [5.41, 5.74) is 0.0727. The lowest BCUT2D eigenvalue weighted by Crippen LogP contribution is -2.58. The lowest BCUT2D eigenvalue weighted by Gasteiger charge is -2.43. The number of rotatable bonds is 3. The Labute approximate surface area is 104 Å². The monoisotopic (exact) mass is 291 g/mol. The average Bonchev–Trinajstić information content (AvgIpc) is 2.60. The van der Waals surface area contributed by atoms with Crippen molar-refractivity contribution in [1.82, 2.24) is 5.32 Å². The molecule has 2 fully saturated rings. The molecule has 0 spiro atoms. The molecular weight excluding hydrogens is 274 g/mol. The number of carbonyl (C=O) groups excluding carboxylic acids is 1. The zero-order valence-corrected chi connectivity index (χ0v) is 11.5. The van der Waals surface area contributed by atoms with Gasteiger partial charge in [0.25, 0.3) is 0 Å². The van der Waals surface area contributed by atoms with Gasteiger partial charge >= 0.3 is 0 Å². The number of alkyl halides is 1. The molecule has 1 aliphatic carbocycles. The van der Waals surface area contributed by atoms with Gasteiger partial charge in [-0.3, -0.25) is 4.79 Å². The van der Waals surface area contributed by atoms with Crippen LogP contribution in [0.5, 0.6) is 0 Å². The maximum Gasteiger partial charge on any atom is 0.236 e. The number of hydrogen-bond acceptors (Lipinski definition) is 2. The van der Waals surface area contributed by atoms with Gasteiger partial charge < -0.3 is 5.32 Å². The maximum absolute atomic E-state index is 12.2. The van der Waals surface area contributed by atoms with Crippen LogP contribution in [0.1, 0.15) is 39.0 Å². The topological polar surface area (TPSA) is 29.1 Å². The number of hydrogen-bond donors (Lipinski definition) is 1. The zero-order chi connectivity index (χ0) is 10.9. The summed E-state index contributed by atoms with van der Waals surface area (Å²) >= 11 is 5.33. The number of nitrogens with one attached hydrogen (secondary N) is 1. The molecule has 1 atom stereocenters. The summed E-state index contributed by atoms with van der Waals surface area (Å²) in [4.78, 5) is 12.2. The minimum Gasteiger partial charge on any atom is -0.349 e. The molecule has 0 radical (unpaired) electrons. The van der Waals surface area contributed by atoms with E-state index in [9.17, 15) is 4.79 Å². The minimum atomic E-state index is -0.162. The van der Waals surface area contributed by atoms with Crippen molar-refractivity contribution in [2.24, 2.45) is 0 Å². The lowest BCUT2D eigenvalue weighted by molar-refractivity contribution is -0.125. The fourth-order valence-electron chi connectivity index (χ4n) is 2.23. The van der Waals surface area contributed by atoms with Crippen LogP contribution in [0.25, 0.3) is 0 Å². The van der Waals surface area contributed by atoms with Crippen molar-refractivity contribution < 1.29 is 4.79 Å². The molecule has 1 heterocycles. The van der Waals surface area contributed by atoms with E-state index >= 15 is 0 Å². The Morgan fingerprint density at radius 2 is 2.13 bits per heavy atom. The molecule has 0 aromatic heterocycles. The molecule has 1 saturated heterocycles. The largest absolute Gasteiger partial charge is 0.349 e. The standard InChI is InChI=1S/C11H18BrNOS/c1-10(4-3-7-15-10)9(14)13-11(8-12)5-2-6-11/h2-8H2,1H3,(H,13,14). The van der Waals surface area contributed by atoms with E-state index in [0.29, 0.717) is 0 Å². The highest BCUT2D eigenvalue weighted by atomic mass is 79.9. The van der Waals surface area contributed by atoms with Gasteiger partial charge in [0.1, 0.15) is 0 Å². The van der Waals surface area contributed by atoms with E-state index in [1.807, 2.05) is 11.8 Å². The first-order chi connectivity index (χ1) is 7.10. The van der Waals surface area contributed by atoms with E-state index < -0.39 is 0 Å². The summed E-state index contributed by atoms with van der Waals surface area (Å²) in [5.74, 6) is 1.38. The van der Waals surface area contributed by atoms with Crippen molar-refractivity contribution in [1.29, 1.82) is 0 Å². The second kappa shape index (κ2) is 4.28. The normalized spacial score (nSPS) is 33.5. The Balaban J connectivity index is 1.96. The smallest absolute Gasteiger partial charge is 0.236 e. The summed E-state index contributed by atoms with van der Waals surface area (Å²) in [6, 6.07) is 0. The second-order valence-corrected chi connectivity index (χ2v) is 7.06. The van der Waals surface area contributed by atoms with Crippen LogP contribution in [0.3, 0.4) is 0 Å². The third-order valence-corrected chi connectivity index (χ3v) is 6.24. The van der Waals surface area contributed by atoms with Crippen molar-refractivity contribution >= 4 is 33.6 Å². The van der Waals surface area contributed by atoms with E-state index in [1.54, 1.807) is 0 Å². The second-order valence-electron chi connectivity index (χ2n) is 4.90. The van der Waals surface area contributed by atoms with Crippen LogP contribution in [0, 0.1) is 0 Å². The number of carbonyl (C=O) groups is 1. The van der Waals surface area contributed by atoms with Gasteiger partial charge in [-0.05, 0) is 44.8 Å². The fraction of sp³-hybridized carbons (Fsp3) is 0.909. The Morgan fingerprint density at radius 1 is 1.40 bits per heavy atom. The van der Waals surface area contributed by atoms with Crippen molar-refractivity contribution in [3.63, 3.8) is 0 Å². The number of thioether (sulfide) groups is 1. The first-order valence-corrected chi connectivity index (χ1v) is 7.74. The summed E-state index contributed by atoms with van der Waals surface area (Å²) < 4.78 is -0.162. The maximum atomic E-state index is 12.2. The van der Waals surface area contributed by atoms with E-state index in [1.165, 1.54) is 12.8 Å². The molecule has 86 valence electrons. The predicted octanol–water partition coefficient (Wildman–Crippen LogP) is 2.71. The average molecular weight is 292 g/mol. The first-order valence-electron chi connectivity index (χ1n) is 5.63. The predicted molar refractivity (Wildman–Crippen MR) is 68.6 cm³/mol. The van der Waals surface area contributed by atoms with E-state index in [4.69, 9.17) is 0 Å². The van der Waals surface area contributed by atoms with Crippen molar-refractivity contribution in [3.8, 4) is 0 Å². The van der Waals surface area contributed by atoms with Gasteiger partial charge in [0.05, 0.1) is 4.75 Å². The van der Waals surface area contributed by atoms with E-state index in [0.717, 1.165) is 30.3 Å². The third-order valence-electron chi connectivity index (χ3n) is 3.64. The molecule has 1 saturated carbocycles. The Kier molecular flexibility index (Phi) is 3.36. The molecule has 2 nitrogen and oxygen atoms in total. The van der Waals surface area contributed by atoms with Crippen LogP contribution in [0.4, 0.5) is 0 Å². The van der Waals surface area contributed by atoms with Gasteiger partial charge in [-0.25, -0.2) is 0 Å². The molecule has 2 aliphatic rings. The summed E-state index contributed by atoms with van der Waals surface area (Å²) in [7, 11) is 0. The molecule has 4 heteroatoms. The molecular formula is C11H18BrNOS. The first kappa shape index (κ1) is 11.8. The molecule has 2 rings (SSSR count).